The number of hydrogen-bond donors (Lipinski definition) is 1. The zero-order valence-electron chi connectivity index (χ0n) is 23.6. The van der Waals surface area contributed by atoms with Crippen LogP contribution in [-0.4, -0.2) is 61.2 Å². The second-order valence-corrected chi connectivity index (χ2v) is 16.6. The van der Waals surface area contributed by atoms with Gasteiger partial charge >= 0.3 is 7.41 Å². The van der Waals surface area contributed by atoms with Crippen LogP contribution >= 0.6 is 0 Å². The molecule has 1 atom stereocenters. The van der Waals surface area contributed by atoms with E-state index < -0.39 is 26.7 Å². The summed E-state index contributed by atoms with van der Waals surface area (Å²) in [7, 11) is -0.617. The number of nitrogens with zero attached hydrogens (tertiary/aromatic N) is 6. The summed E-state index contributed by atoms with van der Waals surface area (Å²) in [4.78, 5) is 22.2. The maximum Gasteiger partial charge on any atom is 0.329 e. The average Bonchev–Trinajstić information content (AvgIpc) is 3.43. The molecule has 3 aromatic rings. The van der Waals surface area contributed by atoms with Crippen molar-refractivity contribution < 1.29 is 18.0 Å². The number of rotatable bonds is 10. The van der Waals surface area contributed by atoms with Crippen LogP contribution < -0.4 is 10.1 Å². The fourth-order valence-electron chi connectivity index (χ4n) is 4.44. The van der Waals surface area contributed by atoms with Crippen molar-refractivity contribution >= 4 is 39.2 Å². The summed E-state index contributed by atoms with van der Waals surface area (Å²) in [6, 6.07) is 7.77. The molecule has 0 fully saturated rings. The molecule has 3 heterocycles. The number of aromatic nitrogens is 4. The highest BCUT2D eigenvalue weighted by atomic mass is 28.4. The van der Waals surface area contributed by atoms with Crippen LogP contribution in [0.15, 0.2) is 36.8 Å². The van der Waals surface area contributed by atoms with Crippen LogP contribution in [0.2, 0.25) is 18.1 Å². The highest BCUT2D eigenvalue weighted by Crippen LogP contribution is 2.46. The van der Waals surface area contributed by atoms with Crippen molar-refractivity contribution in [2.45, 2.75) is 64.2 Å². The predicted octanol–water partition coefficient (Wildman–Crippen LogP) is 5.13. The molecule has 1 aromatic carbocycles. The van der Waals surface area contributed by atoms with Gasteiger partial charge in [0.1, 0.15) is 18.8 Å². The van der Waals surface area contributed by atoms with Gasteiger partial charge in [0.2, 0.25) is 5.95 Å². The monoisotopic (exact) mass is 564 g/mol. The lowest BCUT2D eigenvalue weighted by molar-refractivity contribution is 0.122. The van der Waals surface area contributed by atoms with E-state index in [1.165, 1.54) is 19.8 Å². The highest BCUT2D eigenvalue weighted by Gasteiger charge is 2.44. The number of fused-ring (bicyclic) bond motifs is 1. The Labute approximate surface area is 235 Å². The number of nitrogens with one attached hydrogen (secondary N) is 1. The lowest BCUT2D eigenvalue weighted by Crippen LogP contribution is -2.46. The van der Waals surface area contributed by atoms with Gasteiger partial charge in [0.15, 0.2) is 8.32 Å². The number of carbonyl (C=O) groups is 1. The molecule has 13 heteroatoms. The highest BCUT2D eigenvalue weighted by molar-refractivity contribution is 6.74. The van der Waals surface area contributed by atoms with Crippen LogP contribution in [0.5, 0.6) is 0 Å². The number of benzene rings is 1. The number of halogens is 2. The Morgan fingerprint density at radius 2 is 2.10 bits per heavy atom. The largest absolute Gasteiger partial charge is 0.416 e. The number of hydrogen-bond acceptors (Lipinski definition) is 8. The van der Waals surface area contributed by atoms with E-state index in [-0.39, 0.29) is 11.0 Å². The van der Waals surface area contributed by atoms with E-state index in [2.05, 4.69) is 67.2 Å². The predicted molar refractivity (Wildman–Crippen MR) is 154 cm³/mol. The number of nitriles is 1. The SMILES string of the molecule is CC1(CO[Si](C)(C)C(C)(C)C)CN([B]C=O)c2c(C#N)cc(-c3ccnc(Nc4cnn(CC(F)F)c4)n3)cc21. The molecular formula is C27H33BF2N7O2Si. The molecule has 0 saturated carbocycles. The zero-order valence-corrected chi connectivity index (χ0v) is 24.6. The van der Waals surface area contributed by atoms with Gasteiger partial charge in [0, 0.05) is 42.2 Å². The van der Waals surface area contributed by atoms with Crippen LogP contribution in [0.1, 0.15) is 38.8 Å². The minimum atomic E-state index is -2.51. The smallest absolute Gasteiger partial charge is 0.329 e. The van der Waals surface area contributed by atoms with Crippen molar-refractivity contribution in [1.82, 2.24) is 19.7 Å². The van der Waals surface area contributed by atoms with Gasteiger partial charge in [-0.1, -0.05) is 27.7 Å². The van der Waals surface area contributed by atoms with Crippen molar-refractivity contribution in [2.75, 3.05) is 23.3 Å². The van der Waals surface area contributed by atoms with E-state index in [1.54, 1.807) is 18.3 Å². The third-order valence-electron chi connectivity index (χ3n) is 7.65. The zero-order chi connectivity index (χ0) is 29.3. The lowest BCUT2D eigenvalue weighted by atomic mass is 9.83. The maximum atomic E-state index is 12.7. The summed E-state index contributed by atoms with van der Waals surface area (Å²) in [6.45, 7) is 13.5. The third kappa shape index (κ3) is 6.08. The van der Waals surface area contributed by atoms with Crippen molar-refractivity contribution in [3.63, 3.8) is 0 Å². The summed E-state index contributed by atoms with van der Waals surface area (Å²) in [5.74, 6) is 0.257. The fraction of sp³-hybridized carbons (Fsp3) is 0.444. The van der Waals surface area contributed by atoms with Crippen molar-refractivity contribution in [3.8, 4) is 17.3 Å². The van der Waals surface area contributed by atoms with E-state index in [9.17, 15) is 18.8 Å². The first-order chi connectivity index (χ1) is 18.8. The molecular weight excluding hydrogens is 531 g/mol. The first-order valence-electron chi connectivity index (χ1n) is 13.0. The second kappa shape index (κ2) is 11.1. The molecule has 0 aliphatic carbocycles. The number of alkyl halides is 2. The first-order valence-corrected chi connectivity index (χ1v) is 15.9. The van der Waals surface area contributed by atoms with Gasteiger partial charge in [-0.15, -0.1) is 0 Å². The van der Waals surface area contributed by atoms with Crippen molar-refractivity contribution in [1.29, 1.82) is 5.26 Å². The summed E-state index contributed by atoms with van der Waals surface area (Å²) >= 11 is 0. The minimum Gasteiger partial charge on any atom is -0.416 e. The van der Waals surface area contributed by atoms with Crippen LogP contribution in [0.3, 0.4) is 0 Å². The molecule has 40 heavy (non-hydrogen) atoms. The van der Waals surface area contributed by atoms with E-state index in [1.807, 2.05) is 10.9 Å². The molecule has 0 spiro atoms. The van der Waals surface area contributed by atoms with Gasteiger partial charge in [-0.2, -0.15) is 10.4 Å². The minimum absolute atomic E-state index is 0.0272. The van der Waals surface area contributed by atoms with Gasteiger partial charge in [0.05, 0.1) is 23.1 Å². The third-order valence-corrected chi connectivity index (χ3v) is 12.1. The summed E-state index contributed by atoms with van der Waals surface area (Å²) < 4.78 is 33.1. The van der Waals surface area contributed by atoms with Gasteiger partial charge in [-0.25, -0.2) is 18.7 Å². The van der Waals surface area contributed by atoms with E-state index in [0.717, 1.165) is 16.4 Å². The summed E-state index contributed by atoms with van der Waals surface area (Å²) in [5.41, 5.74) is 3.28. The molecule has 9 nitrogen and oxygen atoms in total. The van der Waals surface area contributed by atoms with Gasteiger partial charge < -0.3 is 19.3 Å². The molecule has 209 valence electrons. The Kier molecular flexibility index (Phi) is 8.14. The Bertz CT molecular complexity index is 1440. The van der Waals surface area contributed by atoms with Crippen LogP contribution in [0, 0.1) is 11.3 Å². The normalized spacial score (nSPS) is 17.1. The molecule has 2 aromatic heterocycles. The average molecular weight is 565 g/mol. The van der Waals surface area contributed by atoms with E-state index in [4.69, 9.17) is 4.43 Å². The Balaban J connectivity index is 1.70. The molecule has 1 unspecified atom stereocenters. The Morgan fingerprint density at radius 3 is 2.75 bits per heavy atom. The molecule has 4 rings (SSSR count). The quantitative estimate of drug-likeness (QED) is 0.267. The maximum absolute atomic E-state index is 12.7. The Hall–Kier alpha value is -3.63. The van der Waals surface area contributed by atoms with Gasteiger partial charge in [-0.3, -0.25) is 4.68 Å². The Morgan fingerprint density at radius 1 is 1.35 bits per heavy atom. The molecule has 0 bridgehead atoms. The van der Waals surface area contributed by atoms with Gasteiger partial charge in [0.25, 0.3) is 6.43 Å². The topological polar surface area (TPSA) is 109 Å². The van der Waals surface area contributed by atoms with Crippen molar-refractivity contribution in [2.24, 2.45) is 0 Å². The van der Waals surface area contributed by atoms with Crippen LogP contribution in [0.4, 0.5) is 26.1 Å². The fourth-order valence-corrected chi connectivity index (χ4v) is 5.55. The number of anilines is 3. The first kappa shape index (κ1) is 29.4. The molecule has 0 saturated heterocycles. The van der Waals surface area contributed by atoms with E-state index >= 15 is 0 Å². The molecule has 1 N–H and O–H groups in total. The second-order valence-electron chi connectivity index (χ2n) is 11.8. The summed E-state index contributed by atoms with van der Waals surface area (Å²) in [6.07, 6.45) is 2.68. The molecule has 1 aliphatic heterocycles. The standard InChI is InChI=1S/C27H33BF2N7O2Si/c1-26(2,3)40(5,6)39-16-27(4)15-37(28-17-38)24-19(11-31)9-18(10-21(24)27)22-7-8-32-25(35-22)34-20-12-33-36(13-20)14-23(29)30/h7-10,12-13,17,23H,14-16H2,1-6H3,(H,32,34,35). The molecule has 0 amide bonds. The lowest BCUT2D eigenvalue weighted by Gasteiger charge is -2.39. The van der Waals surface area contributed by atoms with Crippen molar-refractivity contribution in [3.05, 3.63) is 47.9 Å². The summed E-state index contributed by atoms with van der Waals surface area (Å²) in [5, 5.41) is 17.0. The molecule has 1 aliphatic rings. The van der Waals surface area contributed by atoms with Gasteiger partial charge in [-0.05, 0) is 41.9 Å². The molecule has 1 radical (unpaired) electrons. The number of carbonyl (C=O) groups excluding carboxylic acids is 1. The van der Waals surface area contributed by atoms with Crippen LogP contribution in [0.25, 0.3) is 11.3 Å². The van der Waals surface area contributed by atoms with E-state index in [0.29, 0.717) is 41.3 Å². The van der Waals surface area contributed by atoms with Crippen LogP contribution in [-0.2, 0) is 21.2 Å².